The number of piperidine rings is 3. The summed E-state index contributed by atoms with van der Waals surface area (Å²) in [5, 5.41) is 5.52. The van der Waals surface area contributed by atoms with Gasteiger partial charge in [0.25, 0.3) is 0 Å². The van der Waals surface area contributed by atoms with Crippen LogP contribution in [-0.2, 0) is 43.7 Å². The fraction of sp³-hybridized carbons (Fsp3) is 0.466. The quantitative estimate of drug-likeness (QED) is 0.0780. The Balaban J connectivity index is 0.000000144. The molecule has 572 valence electrons. The number of halogens is 4. The van der Waals surface area contributed by atoms with Crippen molar-refractivity contribution in [1.82, 2.24) is 58.7 Å². The Kier molecular flexibility index (Phi) is 22.6. The van der Waals surface area contributed by atoms with Crippen molar-refractivity contribution in [2.75, 3.05) is 18.8 Å². The summed E-state index contributed by atoms with van der Waals surface area (Å²) in [4.78, 5) is 64.4. The van der Waals surface area contributed by atoms with Crippen LogP contribution in [0.25, 0.3) is 50.2 Å². The van der Waals surface area contributed by atoms with Crippen molar-refractivity contribution < 1.29 is 81.2 Å². The van der Waals surface area contributed by atoms with Gasteiger partial charge in [-0.1, -0.05) is 0 Å². The molecule has 1 N–H and O–H groups in total. The summed E-state index contributed by atoms with van der Waals surface area (Å²) >= 11 is 4.81. The average molecular weight is 1560 g/mol. The zero-order chi connectivity index (χ0) is 76.8. The molecule has 6 aliphatic rings. The first-order valence-corrected chi connectivity index (χ1v) is 41.2. The standard InChI is InChI=1S/C25H29FN4O5S.C24H27FN4O5S.C20H21FN4O3S.C4H7ClO2/c1-25(2,3)35-24(31)30-15-5-6-16(30)12-17(11-15)34-23-19-9-10-29(22(19)27-14-28-23)21-8-7-18(13-20(21)26)36(4,32)33;1-14(2)33-24(30)29-15-4-5-16(29)11-17(10-15)34-23-19-8-9-28(22(19)26-13-27-23)21-7-6-18(12-20(21)25)35(3,31)32;1-29(26,27)15-4-5-18(17(21)10-15)25-7-6-16-19(25)22-11-23-20(16)28-14-8-12-2-3-13(9-14)24-12;1-3(2)7-4(5)6/h7-10,13-17H,5-6,11-12H2,1-4H3;6-9,12-17H,4-5,10-11H2,1-3H3;4-7,10-14,24H,2-3,8-9H2,1H3;3H,1-2H3. The highest BCUT2D eigenvalue weighted by atomic mass is 35.5. The monoisotopic (exact) mass is 1560 g/mol. The van der Waals surface area contributed by atoms with Gasteiger partial charge in [0.15, 0.2) is 46.5 Å². The number of hydrogen-bond acceptors (Lipinski definition) is 22. The minimum Gasteiger partial charge on any atom is -0.474 e. The number of nitrogens with zero attached hydrogens (tertiary/aromatic N) is 11. The largest absolute Gasteiger partial charge is 0.474 e. The molecule has 6 bridgehead atoms. The van der Waals surface area contributed by atoms with Crippen LogP contribution in [0.1, 0.15) is 126 Å². The third-order valence-corrected chi connectivity index (χ3v) is 22.7. The van der Waals surface area contributed by atoms with Crippen LogP contribution < -0.4 is 19.5 Å². The number of sulfone groups is 3. The number of amides is 2. The van der Waals surface area contributed by atoms with E-state index in [1.54, 1.807) is 64.3 Å². The number of ether oxygens (including phenoxy) is 6. The second-order valence-corrected chi connectivity index (χ2v) is 35.5. The van der Waals surface area contributed by atoms with Crippen LogP contribution in [0.2, 0.25) is 0 Å². The molecule has 6 aliphatic heterocycles. The summed E-state index contributed by atoms with van der Waals surface area (Å²) in [5.41, 5.74) is 0.679. The minimum atomic E-state index is -3.53. The number of aromatic nitrogens is 9. The lowest BCUT2D eigenvalue weighted by atomic mass is 10.00. The Bertz CT molecular complexity index is 5160. The Morgan fingerprint density at radius 2 is 0.785 bits per heavy atom. The van der Waals surface area contributed by atoms with Crippen molar-refractivity contribution >= 4 is 91.8 Å². The van der Waals surface area contributed by atoms with Gasteiger partial charge < -0.3 is 43.5 Å². The predicted molar refractivity (Wildman–Crippen MR) is 389 cm³/mol. The summed E-state index contributed by atoms with van der Waals surface area (Å²) in [6.45, 7) is 12.7. The van der Waals surface area contributed by atoms with Crippen LogP contribution in [0, 0.1) is 17.5 Å². The maximum absolute atomic E-state index is 14.8. The maximum Gasteiger partial charge on any atom is 0.410 e. The Morgan fingerprint density at radius 3 is 1.07 bits per heavy atom. The smallest absolute Gasteiger partial charge is 0.410 e. The number of benzene rings is 3. The lowest BCUT2D eigenvalue weighted by molar-refractivity contribution is -0.00749. The normalized spacial score (nSPS) is 21.8. The Labute approximate surface area is 622 Å². The summed E-state index contributed by atoms with van der Waals surface area (Å²) in [7, 11) is -10.5. The topological polar surface area (TPSA) is 320 Å². The zero-order valence-corrected chi connectivity index (χ0v) is 63.7. The molecule has 6 atom stereocenters. The van der Waals surface area contributed by atoms with Crippen molar-refractivity contribution in [1.29, 1.82) is 0 Å². The molecule has 0 spiro atoms. The summed E-state index contributed by atoms with van der Waals surface area (Å²) in [5.74, 6) is -0.715. The van der Waals surface area contributed by atoms with Gasteiger partial charge in [0.05, 0.1) is 60.1 Å². The lowest BCUT2D eigenvalue weighted by Gasteiger charge is -2.39. The molecule has 27 nitrogen and oxygen atoms in total. The summed E-state index contributed by atoms with van der Waals surface area (Å²) in [6, 6.07) is 18.0. The number of rotatable bonds is 14. The van der Waals surface area contributed by atoms with Gasteiger partial charge in [-0.15, -0.1) is 0 Å². The molecular weight excluding hydrogens is 1470 g/mol. The highest BCUT2D eigenvalue weighted by Crippen LogP contribution is 2.42. The van der Waals surface area contributed by atoms with E-state index in [0.717, 1.165) is 75.5 Å². The average Bonchev–Trinajstić information content (AvgIpc) is 1.67. The van der Waals surface area contributed by atoms with Crippen molar-refractivity contribution in [2.24, 2.45) is 0 Å². The molecule has 0 aliphatic carbocycles. The van der Waals surface area contributed by atoms with E-state index < -0.39 is 58.0 Å². The maximum atomic E-state index is 14.8. The molecule has 0 radical (unpaired) electrons. The number of fused-ring (bicyclic) bond motifs is 9. The SMILES string of the molecule is CC(C)(C)OC(=O)N1C2CCC1CC(Oc1ncnc3c1ccn3-c1ccc(S(C)(=O)=O)cc1F)C2.CC(C)OC(=O)Cl.CC(C)OC(=O)N1C2CCC1CC(Oc1ncnc3c1ccn3-c1ccc(S(C)(=O)=O)cc1F)C2.CS(=O)(=O)c1ccc(-n2ccc3c(OC4CC5CCC(C4)N5)ncnc32)c(F)c1. The van der Waals surface area contributed by atoms with Gasteiger partial charge in [0.1, 0.15) is 60.3 Å². The molecule has 3 aromatic carbocycles. The molecule has 6 fully saturated rings. The van der Waals surface area contributed by atoms with Crippen LogP contribution >= 0.6 is 11.6 Å². The first-order valence-electron chi connectivity index (χ1n) is 35.1. The van der Waals surface area contributed by atoms with Crippen LogP contribution in [0.4, 0.5) is 27.6 Å². The third-order valence-electron chi connectivity index (χ3n) is 19.3. The minimum absolute atomic E-state index is 0.0491. The number of hydrogen-bond donors (Lipinski definition) is 1. The number of nitrogens with one attached hydrogen (secondary N) is 1. The van der Waals surface area contributed by atoms with Crippen LogP contribution in [-0.4, -0.2) is 187 Å². The molecule has 6 aromatic heterocycles. The van der Waals surface area contributed by atoms with Crippen LogP contribution in [0.3, 0.4) is 0 Å². The van der Waals surface area contributed by atoms with Gasteiger partial charge in [-0.05, 0) is 173 Å². The molecule has 6 unspecified atom stereocenters. The Morgan fingerprint density at radius 1 is 0.467 bits per heavy atom. The van der Waals surface area contributed by atoms with Crippen molar-refractivity contribution in [3.63, 3.8) is 0 Å². The first-order chi connectivity index (χ1) is 50.5. The number of carbonyl (C=O) groups is 3. The van der Waals surface area contributed by atoms with Crippen molar-refractivity contribution in [3.8, 4) is 34.7 Å². The van der Waals surface area contributed by atoms with E-state index in [1.165, 1.54) is 68.2 Å². The zero-order valence-electron chi connectivity index (χ0n) is 60.5. The lowest BCUT2D eigenvalue weighted by Crippen LogP contribution is -2.50. The van der Waals surface area contributed by atoms with E-state index in [1.807, 2.05) is 44.4 Å². The van der Waals surface area contributed by atoms with E-state index in [-0.39, 0.29) is 98.6 Å². The van der Waals surface area contributed by atoms with Gasteiger partial charge in [-0.2, -0.15) is 0 Å². The van der Waals surface area contributed by atoms with E-state index in [9.17, 15) is 52.8 Å². The molecule has 6 saturated heterocycles. The molecule has 15 rings (SSSR count). The molecule has 2 amide bonds. The molecule has 12 heterocycles. The fourth-order valence-corrected chi connectivity index (χ4v) is 16.8. The van der Waals surface area contributed by atoms with Gasteiger partial charge in [-0.25, -0.2) is 82.7 Å². The number of carbonyl (C=O) groups excluding carboxylic acids is 3. The third kappa shape index (κ3) is 17.9. The Hall–Kier alpha value is -9.18. The van der Waals surface area contributed by atoms with E-state index in [0.29, 0.717) is 88.5 Å². The van der Waals surface area contributed by atoms with Crippen molar-refractivity contribution in [3.05, 3.63) is 128 Å². The van der Waals surface area contributed by atoms with Crippen molar-refractivity contribution in [2.45, 2.75) is 213 Å². The van der Waals surface area contributed by atoms with Crippen LogP contribution in [0.5, 0.6) is 17.6 Å². The van der Waals surface area contributed by atoms with E-state index in [2.05, 4.69) is 40.0 Å². The molecule has 0 saturated carbocycles. The fourth-order valence-electron chi connectivity index (χ4n) is 14.8. The molecule has 9 aromatic rings. The van der Waals surface area contributed by atoms with E-state index in [4.69, 9.17) is 35.3 Å². The second-order valence-electron chi connectivity index (χ2n) is 29.1. The van der Waals surface area contributed by atoms with E-state index >= 15 is 0 Å². The summed E-state index contributed by atoms with van der Waals surface area (Å²) < 4.78 is 154. The molecular formula is C73H84ClF3N12O15S3. The highest BCUT2D eigenvalue weighted by molar-refractivity contribution is 7.91. The highest BCUT2D eigenvalue weighted by Gasteiger charge is 2.47. The van der Waals surface area contributed by atoms with Gasteiger partial charge >= 0.3 is 17.6 Å². The van der Waals surface area contributed by atoms with Gasteiger partial charge in [-0.3, -0.25) is 13.7 Å². The second kappa shape index (κ2) is 31.2. The first kappa shape index (κ1) is 77.4. The summed E-state index contributed by atoms with van der Waals surface area (Å²) in [6.07, 6.45) is 21.9. The van der Waals surface area contributed by atoms with Crippen LogP contribution in [0.15, 0.2) is 125 Å². The predicted octanol–water partition coefficient (Wildman–Crippen LogP) is 12.5. The molecule has 107 heavy (non-hydrogen) atoms. The van der Waals surface area contributed by atoms with Gasteiger partial charge in [0.2, 0.25) is 17.6 Å². The molecule has 34 heteroatoms. The van der Waals surface area contributed by atoms with Gasteiger partial charge in [0, 0.05) is 111 Å².